The van der Waals surface area contributed by atoms with Crippen LogP contribution in [0.1, 0.15) is 23.3 Å². The van der Waals surface area contributed by atoms with Gasteiger partial charge < -0.3 is 8.85 Å². The minimum absolute atomic E-state index is 0.0826. The standard InChI is InChI=1S/C16H27O2Si2/c1-12-15(17-19(2,3)4)13-10-8-9-11-14(13)16(12)18-20(5,6)7/h8-12,15-16H,1H2,2-7H3. The van der Waals surface area contributed by atoms with Crippen LogP contribution in [0.15, 0.2) is 24.3 Å². The fraction of sp³-hybridized carbons (Fsp3) is 0.562. The van der Waals surface area contributed by atoms with Gasteiger partial charge in [0.15, 0.2) is 16.6 Å². The van der Waals surface area contributed by atoms with Gasteiger partial charge in [-0.05, 0) is 57.3 Å². The molecular formula is C16H27O2Si2. The Balaban J connectivity index is 2.34. The fourth-order valence-electron chi connectivity index (χ4n) is 2.71. The van der Waals surface area contributed by atoms with Crippen LogP contribution in [0.4, 0.5) is 0 Å². The first kappa shape index (κ1) is 16.0. The predicted octanol–water partition coefficient (Wildman–Crippen LogP) is 4.94. The summed E-state index contributed by atoms with van der Waals surface area (Å²) in [5.41, 5.74) is 2.55. The van der Waals surface area contributed by atoms with Crippen LogP contribution in [0, 0.1) is 12.8 Å². The van der Waals surface area contributed by atoms with Crippen LogP contribution >= 0.6 is 0 Å². The van der Waals surface area contributed by atoms with Crippen molar-refractivity contribution >= 4 is 16.6 Å². The van der Waals surface area contributed by atoms with Gasteiger partial charge in [-0.2, -0.15) is 0 Å². The van der Waals surface area contributed by atoms with Crippen LogP contribution in [0.25, 0.3) is 0 Å². The molecule has 1 aromatic carbocycles. The monoisotopic (exact) mass is 307 g/mol. The van der Waals surface area contributed by atoms with Crippen LogP contribution in [0.5, 0.6) is 0 Å². The molecule has 0 spiro atoms. The molecule has 0 N–H and O–H groups in total. The van der Waals surface area contributed by atoms with Crippen molar-refractivity contribution in [3.63, 3.8) is 0 Å². The van der Waals surface area contributed by atoms with E-state index < -0.39 is 16.6 Å². The number of benzene rings is 1. The van der Waals surface area contributed by atoms with E-state index in [4.69, 9.17) is 8.85 Å². The van der Waals surface area contributed by atoms with E-state index in [-0.39, 0.29) is 18.1 Å². The summed E-state index contributed by atoms with van der Waals surface area (Å²) in [6.45, 7) is 17.8. The molecule has 2 atom stereocenters. The molecule has 20 heavy (non-hydrogen) atoms. The Morgan fingerprint density at radius 3 is 1.45 bits per heavy atom. The molecule has 2 unspecified atom stereocenters. The highest BCUT2D eigenvalue weighted by Gasteiger charge is 2.42. The van der Waals surface area contributed by atoms with E-state index in [1.54, 1.807) is 0 Å². The maximum absolute atomic E-state index is 6.39. The third kappa shape index (κ3) is 3.61. The number of hydrogen-bond donors (Lipinski definition) is 0. The van der Waals surface area contributed by atoms with Gasteiger partial charge in [0, 0.05) is 5.92 Å². The lowest BCUT2D eigenvalue weighted by Crippen LogP contribution is -2.32. The average Bonchev–Trinajstić information content (AvgIpc) is 2.52. The van der Waals surface area contributed by atoms with Crippen molar-refractivity contribution in [2.24, 2.45) is 5.92 Å². The van der Waals surface area contributed by atoms with Crippen molar-refractivity contribution in [2.45, 2.75) is 51.5 Å². The summed E-state index contributed by atoms with van der Waals surface area (Å²) in [6, 6.07) is 8.52. The Kier molecular flexibility index (Phi) is 4.31. The quantitative estimate of drug-likeness (QED) is 0.734. The highest BCUT2D eigenvalue weighted by Crippen LogP contribution is 2.49. The topological polar surface area (TPSA) is 18.5 Å². The van der Waals surface area contributed by atoms with Gasteiger partial charge in [0.25, 0.3) is 0 Å². The molecule has 0 heterocycles. The van der Waals surface area contributed by atoms with Gasteiger partial charge >= 0.3 is 0 Å². The van der Waals surface area contributed by atoms with Crippen LogP contribution < -0.4 is 0 Å². The highest BCUT2D eigenvalue weighted by molar-refractivity contribution is 6.70. The van der Waals surface area contributed by atoms with E-state index in [1.807, 2.05) is 0 Å². The molecule has 4 heteroatoms. The van der Waals surface area contributed by atoms with Gasteiger partial charge in [0.1, 0.15) is 0 Å². The summed E-state index contributed by atoms with van der Waals surface area (Å²) in [6.07, 6.45) is 0.165. The Morgan fingerprint density at radius 2 is 1.15 bits per heavy atom. The van der Waals surface area contributed by atoms with Gasteiger partial charge in [-0.15, -0.1) is 0 Å². The molecule has 0 saturated carbocycles. The third-order valence-corrected chi connectivity index (χ3v) is 5.27. The first-order chi connectivity index (χ1) is 9.08. The third-order valence-electron chi connectivity index (χ3n) is 3.35. The Morgan fingerprint density at radius 1 is 0.800 bits per heavy atom. The molecule has 1 aliphatic rings. The molecule has 0 aromatic heterocycles. The Labute approximate surface area is 125 Å². The number of fused-ring (bicyclic) bond motifs is 1. The van der Waals surface area contributed by atoms with Crippen molar-refractivity contribution < 1.29 is 8.85 Å². The largest absolute Gasteiger partial charge is 0.410 e. The Hall–Kier alpha value is -0.426. The zero-order valence-electron chi connectivity index (χ0n) is 13.6. The lowest BCUT2D eigenvalue weighted by molar-refractivity contribution is 0.0803. The van der Waals surface area contributed by atoms with E-state index in [0.717, 1.165) is 0 Å². The van der Waals surface area contributed by atoms with E-state index in [2.05, 4.69) is 70.5 Å². The van der Waals surface area contributed by atoms with E-state index in [0.29, 0.717) is 0 Å². The maximum Gasteiger partial charge on any atom is 0.184 e. The molecule has 2 nitrogen and oxygen atoms in total. The van der Waals surface area contributed by atoms with Crippen molar-refractivity contribution in [3.8, 4) is 0 Å². The minimum Gasteiger partial charge on any atom is -0.410 e. The number of rotatable bonds is 4. The molecule has 1 aromatic rings. The molecular weight excluding hydrogens is 280 g/mol. The molecule has 0 saturated heterocycles. The fourth-order valence-corrected chi connectivity index (χ4v) is 4.84. The van der Waals surface area contributed by atoms with Crippen molar-refractivity contribution in [3.05, 3.63) is 42.3 Å². The summed E-state index contributed by atoms with van der Waals surface area (Å²) in [4.78, 5) is 0. The van der Waals surface area contributed by atoms with E-state index in [9.17, 15) is 0 Å². The van der Waals surface area contributed by atoms with Gasteiger partial charge in [0.05, 0.1) is 12.2 Å². The second kappa shape index (κ2) is 5.41. The Bertz CT molecular complexity index is 431. The van der Waals surface area contributed by atoms with Crippen LogP contribution in [0.2, 0.25) is 39.3 Å². The summed E-state index contributed by atoms with van der Waals surface area (Å²) >= 11 is 0. The molecule has 0 aliphatic heterocycles. The molecule has 1 aliphatic carbocycles. The molecule has 0 amide bonds. The molecule has 0 fully saturated rings. The lowest BCUT2D eigenvalue weighted by atomic mass is 10.0. The summed E-state index contributed by atoms with van der Waals surface area (Å²) in [5, 5.41) is 0. The SMILES string of the molecule is [CH2]C1C(O[Si](C)(C)C)c2ccccc2C1O[Si](C)(C)C. The van der Waals surface area contributed by atoms with Crippen molar-refractivity contribution in [2.75, 3.05) is 0 Å². The van der Waals surface area contributed by atoms with Gasteiger partial charge in [-0.25, -0.2) is 0 Å². The predicted molar refractivity (Wildman–Crippen MR) is 89.6 cm³/mol. The van der Waals surface area contributed by atoms with Crippen LogP contribution in [-0.4, -0.2) is 16.6 Å². The second-order valence-corrected chi connectivity index (χ2v) is 16.5. The summed E-state index contributed by atoms with van der Waals surface area (Å²) < 4.78 is 12.8. The second-order valence-electron chi connectivity index (χ2n) is 7.59. The van der Waals surface area contributed by atoms with Crippen LogP contribution in [0.3, 0.4) is 0 Å². The van der Waals surface area contributed by atoms with E-state index in [1.165, 1.54) is 11.1 Å². The molecule has 111 valence electrons. The number of hydrogen-bond acceptors (Lipinski definition) is 2. The average molecular weight is 308 g/mol. The van der Waals surface area contributed by atoms with E-state index >= 15 is 0 Å². The first-order valence-corrected chi connectivity index (χ1v) is 14.2. The normalized spacial score (nSPS) is 26.6. The minimum atomic E-state index is -1.60. The van der Waals surface area contributed by atoms with Crippen molar-refractivity contribution in [1.29, 1.82) is 0 Å². The van der Waals surface area contributed by atoms with Gasteiger partial charge in [-0.3, -0.25) is 0 Å². The smallest absolute Gasteiger partial charge is 0.184 e. The zero-order chi connectivity index (χ0) is 15.1. The summed E-state index contributed by atoms with van der Waals surface area (Å²) in [5.74, 6) is 0.144. The molecule has 2 rings (SSSR count). The zero-order valence-corrected chi connectivity index (χ0v) is 15.6. The van der Waals surface area contributed by atoms with Gasteiger partial charge in [-0.1, -0.05) is 24.3 Å². The highest BCUT2D eigenvalue weighted by atomic mass is 28.4. The molecule has 1 radical (unpaired) electrons. The maximum atomic E-state index is 6.39. The van der Waals surface area contributed by atoms with Crippen LogP contribution in [-0.2, 0) is 8.85 Å². The first-order valence-electron chi connectivity index (χ1n) is 7.36. The summed E-state index contributed by atoms with van der Waals surface area (Å²) in [7, 11) is -3.21. The van der Waals surface area contributed by atoms with Gasteiger partial charge in [0.2, 0.25) is 0 Å². The van der Waals surface area contributed by atoms with Crippen molar-refractivity contribution in [1.82, 2.24) is 0 Å². The lowest BCUT2D eigenvalue weighted by Gasteiger charge is -2.31. The molecule has 0 bridgehead atoms.